The molecule has 200 valence electrons. The van der Waals surface area contributed by atoms with Crippen molar-refractivity contribution in [3.8, 4) is 0 Å². The number of hydrogen-bond acceptors (Lipinski definition) is 5. The van der Waals surface area contributed by atoms with Gasteiger partial charge in [-0.05, 0) is 0 Å². The molecule has 0 saturated heterocycles. The summed E-state index contributed by atoms with van der Waals surface area (Å²) < 4.78 is 28.1. The minimum absolute atomic E-state index is 0.00579. The molecule has 1 heterocycles. The normalized spacial score (nSPS) is 27.8. The zero-order valence-electron chi connectivity index (χ0n) is 22.3. The van der Waals surface area contributed by atoms with Gasteiger partial charge >= 0.3 is 218 Å². The average Bonchev–Trinajstić information content (AvgIpc) is 3.69. The number of carbonyl (C=O) groups is 1. The maximum atomic E-state index is 13.2. The molecule has 5 nitrogen and oxygen atoms in total. The second-order valence-corrected chi connectivity index (χ2v) is 14.8. The first-order chi connectivity index (χ1) is 17.5. The van der Waals surface area contributed by atoms with Gasteiger partial charge in [0.2, 0.25) is 0 Å². The van der Waals surface area contributed by atoms with Crippen LogP contribution in [-0.4, -0.2) is 25.6 Å². The van der Waals surface area contributed by atoms with Gasteiger partial charge in [-0.25, -0.2) is 0 Å². The molecule has 1 unspecified atom stereocenters. The molecule has 0 bridgehead atoms. The van der Waals surface area contributed by atoms with E-state index in [1.165, 1.54) is 77.0 Å². The molecule has 36 heavy (non-hydrogen) atoms. The summed E-state index contributed by atoms with van der Waals surface area (Å²) >= 11 is 0. The first-order valence-corrected chi connectivity index (χ1v) is 16.4. The monoisotopic (exact) mass is 516 g/mol. The fraction of sp³-hybridized carbons (Fsp3) is 0.700. The zero-order chi connectivity index (χ0) is 25.0. The third-order valence-electron chi connectivity index (χ3n) is 8.92. The summed E-state index contributed by atoms with van der Waals surface area (Å²) in [5.41, 5.74) is 1.17. The van der Waals surface area contributed by atoms with Crippen molar-refractivity contribution in [3.05, 3.63) is 47.2 Å². The molecule has 0 spiro atoms. The molecule has 1 aliphatic heterocycles. The number of Topliss-reactive ketones (excluding diaryl/α,β-unsaturated/α-hetero) is 1. The summed E-state index contributed by atoms with van der Waals surface area (Å²) in [5, 5.41) is 0. The number of hydrogen-bond donors (Lipinski definition) is 0. The van der Waals surface area contributed by atoms with E-state index in [4.69, 9.17) is 18.1 Å². The van der Waals surface area contributed by atoms with E-state index in [1.54, 1.807) is 6.92 Å². The van der Waals surface area contributed by atoms with E-state index in [9.17, 15) is 4.79 Å². The SMILES string of the molecule is CC(=O)C1=C(C)OP(OCC2CCCC2)(OCC2CCCC2)(OCC2CCCC2)C1c1ccccc1. The molecule has 3 fully saturated rings. The van der Waals surface area contributed by atoms with Crippen LogP contribution in [0.25, 0.3) is 0 Å². The van der Waals surface area contributed by atoms with Crippen molar-refractivity contribution in [1.29, 1.82) is 0 Å². The van der Waals surface area contributed by atoms with Gasteiger partial charge in [0.05, 0.1) is 0 Å². The van der Waals surface area contributed by atoms with Crippen molar-refractivity contribution < 1.29 is 22.9 Å². The molecular weight excluding hydrogens is 471 g/mol. The molecule has 5 rings (SSSR count). The molecule has 3 aliphatic carbocycles. The van der Waals surface area contributed by atoms with Crippen LogP contribution in [0.4, 0.5) is 0 Å². The van der Waals surface area contributed by atoms with Gasteiger partial charge < -0.3 is 0 Å². The molecule has 1 aromatic rings. The van der Waals surface area contributed by atoms with Crippen LogP contribution < -0.4 is 0 Å². The standard InChI is InChI=1S/C30H45O5P/c1-23(31)29-24(2)35-36(32-20-25-12-6-7-13-25,33-21-26-14-8-9-15-26,34-22-27-16-10-11-17-27)30(29)28-18-4-3-5-19-28/h3-5,18-19,25-27,30H,6-17,20-22H2,1-2H3. The van der Waals surface area contributed by atoms with Crippen molar-refractivity contribution in [1.82, 2.24) is 0 Å². The molecule has 4 aliphatic rings. The number of benzene rings is 1. The molecule has 3 saturated carbocycles. The molecule has 0 amide bonds. The summed E-state index contributed by atoms with van der Waals surface area (Å²) in [6.07, 6.45) is 14.5. The fourth-order valence-electron chi connectivity index (χ4n) is 6.90. The molecule has 0 N–H and O–H groups in total. The third kappa shape index (κ3) is 5.32. The van der Waals surface area contributed by atoms with Gasteiger partial charge in [-0.3, -0.25) is 0 Å². The van der Waals surface area contributed by atoms with E-state index < -0.39 is 13.2 Å². The summed E-state index contributed by atoms with van der Waals surface area (Å²) in [5.74, 6) is 2.06. The average molecular weight is 517 g/mol. The summed E-state index contributed by atoms with van der Waals surface area (Å²) in [7, 11) is -4.26. The Balaban J connectivity index is 1.58. The van der Waals surface area contributed by atoms with E-state index in [2.05, 4.69) is 12.1 Å². The van der Waals surface area contributed by atoms with Gasteiger partial charge in [-0.15, -0.1) is 0 Å². The van der Waals surface area contributed by atoms with E-state index in [-0.39, 0.29) is 5.78 Å². The van der Waals surface area contributed by atoms with Gasteiger partial charge in [0.25, 0.3) is 0 Å². The van der Waals surface area contributed by atoms with Crippen LogP contribution in [0.15, 0.2) is 41.7 Å². The molecular formula is C30H45O5P. The predicted molar refractivity (Wildman–Crippen MR) is 144 cm³/mol. The molecule has 6 heteroatoms. The van der Waals surface area contributed by atoms with Crippen molar-refractivity contribution >= 4 is 13.3 Å². The molecule has 1 atom stereocenters. The molecule has 0 radical (unpaired) electrons. The third-order valence-corrected chi connectivity index (χ3v) is 12.8. The van der Waals surface area contributed by atoms with Crippen molar-refractivity contribution in [3.63, 3.8) is 0 Å². The van der Waals surface area contributed by atoms with Crippen molar-refractivity contribution in [2.45, 2.75) is 96.6 Å². The van der Waals surface area contributed by atoms with Crippen LogP contribution in [0.2, 0.25) is 0 Å². The van der Waals surface area contributed by atoms with Gasteiger partial charge in [-0.2, -0.15) is 0 Å². The number of rotatable bonds is 11. The van der Waals surface area contributed by atoms with Crippen LogP contribution in [0, 0.1) is 17.8 Å². The number of allylic oxidation sites excluding steroid dienone is 2. The van der Waals surface area contributed by atoms with Crippen molar-refractivity contribution in [2.24, 2.45) is 17.8 Å². The zero-order valence-corrected chi connectivity index (χ0v) is 23.2. The first kappa shape index (κ1) is 26.4. The van der Waals surface area contributed by atoms with Crippen LogP contribution in [0.5, 0.6) is 0 Å². The Morgan fingerprint density at radius 1 is 0.778 bits per heavy atom. The summed E-state index contributed by atoms with van der Waals surface area (Å²) in [6, 6.07) is 10.2. The maximum absolute atomic E-state index is 13.2. The van der Waals surface area contributed by atoms with E-state index in [1.807, 2.05) is 25.1 Å². The van der Waals surface area contributed by atoms with E-state index in [0.29, 0.717) is 48.9 Å². The van der Waals surface area contributed by atoms with Crippen LogP contribution in [-0.2, 0) is 22.9 Å². The fourth-order valence-corrected chi connectivity index (χ4v) is 11.3. The van der Waals surface area contributed by atoms with Crippen LogP contribution >= 0.6 is 7.51 Å². The Bertz CT molecular complexity index is 873. The Labute approximate surface area is 217 Å². The second kappa shape index (κ2) is 11.2. The Morgan fingerprint density at radius 2 is 1.19 bits per heavy atom. The quantitative estimate of drug-likeness (QED) is 0.276. The molecule has 0 aromatic heterocycles. The van der Waals surface area contributed by atoms with Crippen LogP contribution in [0.1, 0.15) is 102 Å². The van der Waals surface area contributed by atoms with Gasteiger partial charge in [0, 0.05) is 0 Å². The van der Waals surface area contributed by atoms with Gasteiger partial charge in [-0.1, -0.05) is 0 Å². The Morgan fingerprint density at radius 3 is 1.58 bits per heavy atom. The van der Waals surface area contributed by atoms with E-state index >= 15 is 0 Å². The first-order valence-electron chi connectivity index (χ1n) is 14.4. The second-order valence-electron chi connectivity index (χ2n) is 11.6. The Hall–Kier alpha value is -1.26. The Kier molecular flexibility index (Phi) is 8.22. The topological polar surface area (TPSA) is 54.0 Å². The number of ketones is 1. The number of carbonyl (C=O) groups excluding carboxylic acids is 1. The molecule has 1 aromatic carbocycles. The summed E-state index contributed by atoms with van der Waals surface area (Å²) in [4.78, 5) is 13.2. The van der Waals surface area contributed by atoms with E-state index in [0.717, 1.165) is 5.56 Å². The van der Waals surface area contributed by atoms with Crippen LogP contribution in [0.3, 0.4) is 0 Å². The minimum atomic E-state index is -4.26. The van der Waals surface area contributed by atoms with Gasteiger partial charge in [0.1, 0.15) is 0 Å². The predicted octanol–water partition coefficient (Wildman–Crippen LogP) is 8.45. The van der Waals surface area contributed by atoms with Crippen molar-refractivity contribution in [2.75, 3.05) is 19.8 Å². The van der Waals surface area contributed by atoms with Gasteiger partial charge in [0.15, 0.2) is 0 Å². The summed E-state index contributed by atoms with van der Waals surface area (Å²) in [6.45, 7) is 5.23.